The Morgan fingerprint density at radius 1 is 0.692 bits per heavy atom. The van der Waals surface area contributed by atoms with Crippen LogP contribution >= 0.6 is 0 Å². The van der Waals surface area contributed by atoms with Crippen molar-refractivity contribution < 1.29 is 25.8 Å². The van der Waals surface area contributed by atoms with Gasteiger partial charge in [0.2, 0.25) is 0 Å². The molecule has 52 heavy (non-hydrogen) atoms. The number of para-hydroxylation sites is 2. The Balaban J connectivity index is 0.00000360. The van der Waals surface area contributed by atoms with Gasteiger partial charge in [0, 0.05) is 62.1 Å². The minimum absolute atomic E-state index is 0. The van der Waals surface area contributed by atoms with Crippen LogP contribution in [0.2, 0.25) is 0 Å². The van der Waals surface area contributed by atoms with E-state index in [-0.39, 0.29) is 21.1 Å². The molecule has 11 rings (SSSR count). The summed E-state index contributed by atoms with van der Waals surface area (Å²) in [6.45, 7) is 9.87. The van der Waals surface area contributed by atoms with E-state index in [1.807, 2.05) is 24.4 Å². The second-order valence-electron chi connectivity index (χ2n) is 13.9. The van der Waals surface area contributed by atoms with Gasteiger partial charge in [0.25, 0.3) is 0 Å². The molecule has 0 saturated carbocycles. The number of fused-ring (bicyclic) bond motifs is 3. The number of hydrogen-bond donors (Lipinski definition) is 0. The van der Waals surface area contributed by atoms with Gasteiger partial charge in [-0.05, 0) is 66.3 Å². The number of rotatable bonds is 6. The summed E-state index contributed by atoms with van der Waals surface area (Å²) in [6, 6.07) is 54.5. The Bertz CT molecular complexity index is 2650. The van der Waals surface area contributed by atoms with Gasteiger partial charge in [0.1, 0.15) is 11.5 Å². The van der Waals surface area contributed by atoms with Crippen LogP contribution in [0, 0.1) is 39.6 Å². The zero-order valence-corrected chi connectivity index (χ0v) is 31.3. The first-order valence-corrected chi connectivity index (χ1v) is 17.4. The Morgan fingerprint density at radius 2 is 1.35 bits per heavy atom. The van der Waals surface area contributed by atoms with Gasteiger partial charge >= 0.3 is 0 Å². The Hall–Kier alpha value is -5.32. The number of quaternary nitrogens is 2. The summed E-state index contributed by atoms with van der Waals surface area (Å²) >= 11 is 0. The summed E-state index contributed by atoms with van der Waals surface area (Å²) in [7, 11) is 0. The molecule has 2 bridgehead atoms. The average molecular weight is 855 g/mol. The minimum atomic E-state index is 0. The fourth-order valence-electron chi connectivity index (χ4n) is 8.28. The molecule has 2 aromatic heterocycles. The predicted octanol–water partition coefficient (Wildman–Crippen LogP) is 11.5. The van der Waals surface area contributed by atoms with Gasteiger partial charge in [-0.1, -0.05) is 96.7 Å². The van der Waals surface area contributed by atoms with Gasteiger partial charge in [-0.3, -0.25) is 4.48 Å². The molecule has 5 heterocycles. The molecule has 8 aromatic rings. The Kier molecular flexibility index (Phi) is 7.60. The first-order valence-electron chi connectivity index (χ1n) is 17.4. The Morgan fingerprint density at radius 3 is 2.08 bits per heavy atom. The van der Waals surface area contributed by atoms with E-state index in [1.165, 1.54) is 28.2 Å². The molecule has 0 N–H and O–H groups in total. The van der Waals surface area contributed by atoms with E-state index in [0.29, 0.717) is 16.0 Å². The van der Waals surface area contributed by atoms with Crippen LogP contribution < -0.4 is 13.7 Å². The molecular formula is C46H35N4OPt-. The zero-order chi connectivity index (χ0) is 34.3. The largest absolute Gasteiger partial charge is 0.509 e. The van der Waals surface area contributed by atoms with E-state index >= 15 is 0 Å². The van der Waals surface area contributed by atoms with Crippen LogP contribution in [0.3, 0.4) is 0 Å². The third kappa shape index (κ3) is 4.77. The number of aromatic nitrogens is 2. The minimum Gasteiger partial charge on any atom is -0.509 e. The summed E-state index contributed by atoms with van der Waals surface area (Å²) in [5, 5.41) is 2.26. The molecule has 0 unspecified atom stereocenters. The van der Waals surface area contributed by atoms with Crippen LogP contribution in [0.1, 0.15) is 16.7 Å². The van der Waals surface area contributed by atoms with Gasteiger partial charge < -0.3 is 13.8 Å². The molecule has 6 heteroatoms. The van der Waals surface area contributed by atoms with E-state index in [9.17, 15) is 0 Å². The molecule has 6 aromatic carbocycles. The number of nitrogens with zero attached hydrogens (tertiary/aromatic N) is 4. The van der Waals surface area contributed by atoms with Gasteiger partial charge in [-0.15, -0.1) is 29.8 Å². The number of pyridine rings is 1. The predicted molar refractivity (Wildman–Crippen MR) is 207 cm³/mol. The van der Waals surface area contributed by atoms with Gasteiger partial charge in [-0.25, -0.2) is 4.98 Å². The van der Waals surface area contributed by atoms with E-state index in [1.54, 1.807) is 0 Å². The summed E-state index contributed by atoms with van der Waals surface area (Å²) in [5.41, 5.74) is 12.9. The van der Waals surface area contributed by atoms with Crippen LogP contribution in [-0.2, 0) is 21.1 Å². The van der Waals surface area contributed by atoms with Crippen LogP contribution in [-0.4, -0.2) is 16.2 Å². The number of ether oxygens (including phenoxy) is 1. The van der Waals surface area contributed by atoms with E-state index in [4.69, 9.17) is 9.72 Å². The molecule has 1 fully saturated rings. The number of aryl methyl sites for hydroxylation is 3. The third-order valence-corrected chi connectivity index (χ3v) is 10.8. The fraction of sp³-hybridized carbons (Fsp3) is 0.0870. The molecule has 1 saturated heterocycles. The first-order chi connectivity index (χ1) is 24.9. The third-order valence-electron chi connectivity index (χ3n) is 10.8. The van der Waals surface area contributed by atoms with Crippen molar-refractivity contribution in [3.63, 3.8) is 0 Å². The molecular weight excluding hydrogens is 820 g/mol. The molecule has 2 atom stereocenters. The molecule has 3 aliphatic rings. The summed E-state index contributed by atoms with van der Waals surface area (Å²) in [4.78, 5) is 4.76. The first kappa shape index (κ1) is 32.6. The normalized spacial score (nSPS) is 18.5. The van der Waals surface area contributed by atoms with Gasteiger partial charge in [0.05, 0.1) is 6.67 Å². The van der Waals surface area contributed by atoms with Crippen LogP contribution in [0.5, 0.6) is 11.5 Å². The maximum absolute atomic E-state index is 6.85. The summed E-state index contributed by atoms with van der Waals surface area (Å²) < 4.78 is 10.4. The van der Waals surface area contributed by atoms with Crippen molar-refractivity contribution in [1.29, 1.82) is 0 Å². The molecule has 5 nitrogen and oxygen atoms in total. The molecule has 0 spiro atoms. The quantitative estimate of drug-likeness (QED) is 0.123. The van der Waals surface area contributed by atoms with Gasteiger partial charge in [0.15, 0.2) is 18.0 Å². The SMILES string of the molecule is Cc1cc(Oc2[c-]c3c(c(-c4ccccc4)c2)c2ccccc2n3-c2ccccn2)[c-]c([N@@+]23[CH-][N@@+](c4ccccc4)(C2)c2cc(C)c(C)cc23)c1.[Pt]. The van der Waals surface area contributed by atoms with Crippen LogP contribution in [0.4, 0.5) is 22.7 Å². The fourth-order valence-corrected chi connectivity index (χ4v) is 8.28. The van der Waals surface area contributed by atoms with Crippen molar-refractivity contribution in [3.05, 3.63) is 175 Å². The zero-order valence-electron chi connectivity index (χ0n) is 29.1. The second kappa shape index (κ2) is 12.1. The monoisotopic (exact) mass is 854 g/mol. The number of benzene rings is 6. The maximum Gasteiger partial charge on any atom is 0.184 e. The van der Waals surface area contributed by atoms with Gasteiger partial charge in [-0.2, -0.15) is 5.56 Å². The molecule has 0 amide bonds. The van der Waals surface area contributed by atoms with Crippen LogP contribution in [0.25, 0.3) is 38.8 Å². The molecule has 3 aliphatic heterocycles. The van der Waals surface area contributed by atoms with Crippen molar-refractivity contribution in [3.8, 4) is 28.4 Å². The summed E-state index contributed by atoms with van der Waals surface area (Å²) in [6.07, 6.45) is 1.84. The number of hydrogen-bond acceptors (Lipinski definition) is 2. The van der Waals surface area contributed by atoms with Crippen molar-refractivity contribution in [2.24, 2.45) is 0 Å². The maximum atomic E-state index is 6.85. The average Bonchev–Trinajstić information content (AvgIpc) is 3.72. The Labute approximate surface area is 318 Å². The van der Waals surface area contributed by atoms with E-state index in [2.05, 4.69) is 159 Å². The van der Waals surface area contributed by atoms with Crippen molar-refractivity contribution in [1.82, 2.24) is 18.5 Å². The van der Waals surface area contributed by atoms with Crippen molar-refractivity contribution in [2.75, 3.05) is 6.67 Å². The second-order valence-corrected chi connectivity index (χ2v) is 13.9. The molecule has 0 radical (unpaired) electrons. The topological polar surface area (TPSA) is 27.1 Å². The van der Waals surface area contributed by atoms with Crippen molar-refractivity contribution >= 4 is 44.6 Å². The summed E-state index contributed by atoms with van der Waals surface area (Å²) in [5.74, 6) is 2.13. The van der Waals surface area contributed by atoms with Crippen molar-refractivity contribution in [2.45, 2.75) is 20.8 Å². The smallest absolute Gasteiger partial charge is 0.184 e. The molecule has 0 aliphatic carbocycles. The van der Waals surface area contributed by atoms with E-state index in [0.717, 1.165) is 61.2 Å². The van der Waals surface area contributed by atoms with E-state index < -0.39 is 0 Å². The van der Waals surface area contributed by atoms with Crippen LogP contribution in [0.15, 0.2) is 140 Å². The standard InChI is InChI=1S/C46H35N4O.Pt/c1-31-22-36(50-29-49(30-50,35-16-8-5-9-17-35)43-24-32(2)33(3)25-44(43)50)26-37(23-31)51-38-27-40(34-14-6-4-7-15-34)46-39-18-10-11-19-41(39)48(42(46)28-38)45-20-12-13-21-47-45;/h4-25,27,29H,30H2,1-3H3;/q-1;/t49-,50+;/m0./s1. The molecule has 256 valence electrons.